The molecule has 142 valence electrons. The van der Waals surface area contributed by atoms with Crippen LogP contribution < -0.4 is 5.32 Å². The molecule has 1 heterocycles. The van der Waals surface area contributed by atoms with E-state index in [-0.39, 0.29) is 11.9 Å². The van der Waals surface area contributed by atoms with Crippen molar-refractivity contribution in [2.24, 2.45) is 0 Å². The standard InChI is InChI=1S/C22H25FN2O2/c1-2-27-22(26)11-9-17-8-10-21(20(23)14-17)24-19-12-13-25(16-19)15-18-6-4-3-5-7-18/h3-11,14,19,24H,2,12-13,15-16H2,1H3/t19-/m1/s1. The second kappa shape index (κ2) is 9.33. The van der Waals surface area contributed by atoms with Crippen LogP contribution in [0.25, 0.3) is 6.08 Å². The lowest BCUT2D eigenvalue weighted by atomic mass is 10.1. The average molecular weight is 368 g/mol. The Hall–Kier alpha value is -2.66. The molecule has 0 aromatic heterocycles. The third-order valence-electron chi connectivity index (χ3n) is 4.57. The molecule has 1 N–H and O–H groups in total. The van der Waals surface area contributed by atoms with Crippen LogP contribution in [0.3, 0.4) is 0 Å². The number of carbonyl (C=O) groups is 1. The van der Waals surface area contributed by atoms with Crippen molar-refractivity contribution in [3.05, 3.63) is 71.6 Å². The highest BCUT2D eigenvalue weighted by atomic mass is 19.1. The number of carbonyl (C=O) groups excluding carboxylic acids is 1. The van der Waals surface area contributed by atoms with E-state index in [0.717, 1.165) is 26.1 Å². The molecule has 3 rings (SSSR count). The fraction of sp³-hybridized carbons (Fsp3) is 0.318. The number of esters is 1. The van der Waals surface area contributed by atoms with Gasteiger partial charge in [0.05, 0.1) is 12.3 Å². The lowest BCUT2D eigenvalue weighted by Crippen LogP contribution is -2.26. The molecule has 0 aliphatic carbocycles. The van der Waals surface area contributed by atoms with E-state index < -0.39 is 5.97 Å². The van der Waals surface area contributed by atoms with E-state index in [0.29, 0.717) is 17.9 Å². The Morgan fingerprint density at radius 2 is 2.11 bits per heavy atom. The normalized spacial score (nSPS) is 17.3. The first-order valence-corrected chi connectivity index (χ1v) is 9.31. The van der Waals surface area contributed by atoms with Crippen molar-refractivity contribution in [2.45, 2.75) is 25.9 Å². The Morgan fingerprint density at radius 3 is 2.85 bits per heavy atom. The van der Waals surface area contributed by atoms with Gasteiger partial charge in [-0.25, -0.2) is 9.18 Å². The SMILES string of the molecule is CCOC(=O)C=Cc1ccc(N[C@@H]2CCN(Cc3ccccc3)C2)c(F)c1. The van der Waals surface area contributed by atoms with Crippen molar-refractivity contribution < 1.29 is 13.9 Å². The molecule has 1 saturated heterocycles. The number of hydrogen-bond acceptors (Lipinski definition) is 4. The number of likely N-dealkylation sites (tertiary alicyclic amines) is 1. The number of nitrogens with zero attached hydrogens (tertiary/aromatic N) is 1. The molecular weight excluding hydrogens is 343 g/mol. The summed E-state index contributed by atoms with van der Waals surface area (Å²) in [5.74, 6) is -0.743. The van der Waals surface area contributed by atoms with Gasteiger partial charge in [-0.3, -0.25) is 4.90 Å². The van der Waals surface area contributed by atoms with Crippen molar-refractivity contribution in [2.75, 3.05) is 25.0 Å². The van der Waals surface area contributed by atoms with Gasteiger partial charge in [0.2, 0.25) is 0 Å². The topological polar surface area (TPSA) is 41.6 Å². The van der Waals surface area contributed by atoms with Gasteiger partial charge in [0.25, 0.3) is 0 Å². The van der Waals surface area contributed by atoms with Gasteiger partial charge in [-0.05, 0) is 42.7 Å². The third kappa shape index (κ3) is 5.66. The van der Waals surface area contributed by atoms with Gasteiger partial charge >= 0.3 is 5.97 Å². The van der Waals surface area contributed by atoms with E-state index in [9.17, 15) is 9.18 Å². The van der Waals surface area contributed by atoms with Gasteiger partial charge in [0, 0.05) is 31.8 Å². The summed E-state index contributed by atoms with van der Waals surface area (Å²) in [6.07, 6.45) is 3.85. The number of rotatable bonds is 7. The highest BCUT2D eigenvalue weighted by Crippen LogP contribution is 2.21. The summed E-state index contributed by atoms with van der Waals surface area (Å²) in [7, 11) is 0. The third-order valence-corrected chi connectivity index (χ3v) is 4.57. The second-order valence-corrected chi connectivity index (χ2v) is 6.68. The molecule has 1 aliphatic rings. The molecule has 0 unspecified atom stereocenters. The highest BCUT2D eigenvalue weighted by molar-refractivity contribution is 5.87. The summed E-state index contributed by atoms with van der Waals surface area (Å²) in [5, 5.41) is 3.30. The summed E-state index contributed by atoms with van der Waals surface area (Å²) in [4.78, 5) is 13.7. The van der Waals surface area contributed by atoms with Gasteiger partial charge in [-0.1, -0.05) is 36.4 Å². The smallest absolute Gasteiger partial charge is 0.330 e. The van der Waals surface area contributed by atoms with Crippen LogP contribution >= 0.6 is 0 Å². The lowest BCUT2D eigenvalue weighted by Gasteiger charge is -2.18. The zero-order valence-electron chi connectivity index (χ0n) is 15.5. The van der Waals surface area contributed by atoms with Crippen LogP contribution in [0.4, 0.5) is 10.1 Å². The predicted molar refractivity (Wildman–Crippen MR) is 106 cm³/mol. The number of nitrogens with one attached hydrogen (secondary N) is 1. The van der Waals surface area contributed by atoms with Crippen molar-refractivity contribution in [3.8, 4) is 0 Å². The maximum Gasteiger partial charge on any atom is 0.330 e. The van der Waals surface area contributed by atoms with Crippen LogP contribution in [0.2, 0.25) is 0 Å². The molecule has 0 spiro atoms. The molecule has 0 bridgehead atoms. The minimum absolute atomic E-state index is 0.226. The Kier molecular flexibility index (Phi) is 6.60. The highest BCUT2D eigenvalue weighted by Gasteiger charge is 2.23. The van der Waals surface area contributed by atoms with Crippen LogP contribution in [-0.4, -0.2) is 36.6 Å². The van der Waals surface area contributed by atoms with Crippen molar-refractivity contribution >= 4 is 17.7 Å². The molecule has 27 heavy (non-hydrogen) atoms. The zero-order valence-corrected chi connectivity index (χ0v) is 15.5. The Morgan fingerprint density at radius 1 is 1.30 bits per heavy atom. The summed E-state index contributed by atoms with van der Waals surface area (Å²) in [6.45, 7) is 4.87. The van der Waals surface area contributed by atoms with Crippen LogP contribution in [0.1, 0.15) is 24.5 Å². The molecular formula is C22H25FN2O2. The number of anilines is 1. The fourth-order valence-electron chi connectivity index (χ4n) is 3.26. The number of ether oxygens (including phenoxy) is 1. The Balaban J connectivity index is 1.54. The van der Waals surface area contributed by atoms with E-state index in [1.54, 1.807) is 25.1 Å². The maximum atomic E-state index is 14.4. The van der Waals surface area contributed by atoms with E-state index in [2.05, 4.69) is 34.5 Å². The van der Waals surface area contributed by atoms with E-state index in [1.165, 1.54) is 17.7 Å². The molecule has 1 atom stereocenters. The molecule has 1 fully saturated rings. The monoisotopic (exact) mass is 368 g/mol. The van der Waals surface area contributed by atoms with E-state index >= 15 is 0 Å². The number of hydrogen-bond donors (Lipinski definition) is 1. The van der Waals surface area contributed by atoms with Gasteiger partial charge in [0.15, 0.2) is 0 Å². The maximum absolute atomic E-state index is 14.4. The molecule has 2 aromatic rings. The predicted octanol–water partition coefficient (Wildman–Crippen LogP) is 4.09. The quantitative estimate of drug-likeness (QED) is 0.590. The molecule has 4 nitrogen and oxygen atoms in total. The fourth-order valence-corrected chi connectivity index (χ4v) is 3.26. The first-order valence-electron chi connectivity index (χ1n) is 9.31. The minimum atomic E-state index is -0.426. The van der Waals surface area contributed by atoms with Gasteiger partial charge < -0.3 is 10.1 Å². The summed E-state index contributed by atoms with van der Waals surface area (Å²) in [6, 6.07) is 15.5. The number of halogens is 1. The van der Waals surface area contributed by atoms with Crippen LogP contribution in [0.5, 0.6) is 0 Å². The largest absolute Gasteiger partial charge is 0.463 e. The van der Waals surface area contributed by atoms with Gasteiger partial charge in [-0.15, -0.1) is 0 Å². The molecule has 2 aromatic carbocycles. The zero-order chi connectivity index (χ0) is 19.1. The molecule has 5 heteroatoms. The average Bonchev–Trinajstić information content (AvgIpc) is 3.10. The first kappa shape index (κ1) is 19.1. The van der Waals surface area contributed by atoms with Crippen LogP contribution in [0, 0.1) is 5.82 Å². The Labute approximate surface area is 159 Å². The lowest BCUT2D eigenvalue weighted by molar-refractivity contribution is -0.137. The molecule has 1 aliphatic heterocycles. The van der Waals surface area contributed by atoms with Crippen molar-refractivity contribution in [3.63, 3.8) is 0 Å². The minimum Gasteiger partial charge on any atom is -0.463 e. The van der Waals surface area contributed by atoms with E-state index in [4.69, 9.17) is 4.74 Å². The second-order valence-electron chi connectivity index (χ2n) is 6.68. The van der Waals surface area contributed by atoms with Gasteiger partial charge in [-0.2, -0.15) is 0 Å². The summed E-state index contributed by atoms with van der Waals surface area (Å²) in [5.41, 5.74) is 2.42. The summed E-state index contributed by atoms with van der Waals surface area (Å²) >= 11 is 0. The van der Waals surface area contributed by atoms with Crippen molar-refractivity contribution in [1.82, 2.24) is 4.90 Å². The molecule has 0 radical (unpaired) electrons. The van der Waals surface area contributed by atoms with Crippen molar-refractivity contribution in [1.29, 1.82) is 0 Å². The Bertz CT molecular complexity index is 792. The molecule has 0 saturated carbocycles. The van der Waals surface area contributed by atoms with Crippen LogP contribution in [0.15, 0.2) is 54.6 Å². The molecule has 0 amide bonds. The van der Waals surface area contributed by atoms with Crippen LogP contribution in [-0.2, 0) is 16.1 Å². The first-order chi connectivity index (χ1) is 13.1. The summed E-state index contributed by atoms with van der Waals surface area (Å²) < 4.78 is 19.2. The number of benzene rings is 2. The van der Waals surface area contributed by atoms with Gasteiger partial charge in [0.1, 0.15) is 5.82 Å². The van der Waals surface area contributed by atoms with E-state index in [1.807, 2.05) is 6.07 Å².